The third-order valence-corrected chi connectivity index (χ3v) is 8.62. The molecular weight excluding hydrogens is 430 g/mol. The Balaban J connectivity index is 1.16. The molecule has 0 aromatic rings. The molecule has 192 valence electrons. The van der Waals surface area contributed by atoms with Gasteiger partial charge in [0, 0.05) is 51.9 Å². The molecule has 1 unspecified atom stereocenters. The van der Waals surface area contributed by atoms with Gasteiger partial charge in [0.15, 0.2) is 0 Å². The van der Waals surface area contributed by atoms with Gasteiger partial charge in [0.25, 0.3) is 0 Å². The van der Waals surface area contributed by atoms with Gasteiger partial charge in [0.1, 0.15) is 6.29 Å². The molecule has 0 bridgehead atoms. The fraction of sp³-hybridized carbons (Fsp3) is 0.923. The van der Waals surface area contributed by atoms with E-state index in [1.165, 1.54) is 25.7 Å². The molecule has 4 rings (SSSR count). The van der Waals surface area contributed by atoms with Crippen LogP contribution in [-0.2, 0) is 14.3 Å². The minimum absolute atomic E-state index is 0.0806. The number of methoxy groups -OCH3 is 1. The largest absolute Gasteiger partial charge is 0.381 e. The summed E-state index contributed by atoms with van der Waals surface area (Å²) in [6, 6.07) is 2.64. The van der Waals surface area contributed by atoms with Gasteiger partial charge in [-0.15, -0.1) is 0 Å². The lowest BCUT2D eigenvalue weighted by Crippen LogP contribution is -2.63. The van der Waals surface area contributed by atoms with Crippen LogP contribution in [0.1, 0.15) is 70.6 Å². The third-order valence-electron chi connectivity index (χ3n) is 8.62. The average molecular weight is 476 g/mol. The molecule has 1 atom stereocenters. The minimum atomic E-state index is 0.0806. The van der Waals surface area contributed by atoms with Gasteiger partial charge in [0.2, 0.25) is 5.91 Å². The molecule has 2 saturated heterocycles. The van der Waals surface area contributed by atoms with E-state index in [9.17, 15) is 4.79 Å². The standard InChI is InChI=1S/C26H45N5O3/c1-33-23-11-7-19(8-12-23)21-16-28-26(29-17-21)30-22-9-5-20(6-10-22)25(32)31(14-3-13-27)18-24-4-2-15-34-24/h19-24,26,28-30H,2-12,14-18H2,1H3. The Morgan fingerprint density at radius 1 is 1.06 bits per heavy atom. The van der Waals surface area contributed by atoms with Crippen molar-refractivity contribution in [3.8, 4) is 6.07 Å². The maximum absolute atomic E-state index is 13.2. The predicted octanol–water partition coefficient (Wildman–Crippen LogP) is 2.35. The van der Waals surface area contributed by atoms with Crippen molar-refractivity contribution in [1.29, 1.82) is 5.26 Å². The average Bonchev–Trinajstić information content (AvgIpc) is 3.40. The molecule has 8 nitrogen and oxygen atoms in total. The van der Waals surface area contributed by atoms with Crippen molar-refractivity contribution in [2.75, 3.05) is 39.9 Å². The van der Waals surface area contributed by atoms with Crippen molar-refractivity contribution in [2.24, 2.45) is 17.8 Å². The van der Waals surface area contributed by atoms with E-state index in [4.69, 9.17) is 14.7 Å². The fourth-order valence-corrected chi connectivity index (χ4v) is 6.44. The van der Waals surface area contributed by atoms with Gasteiger partial charge in [0.05, 0.1) is 24.7 Å². The van der Waals surface area contributed by atoms with Crippen molar-refractivity contribution < 1.29 is 14.3 Å². The number of ether oxygens (including phenoxy) is 2. The third kappa shape index (κ3) is 7.14. The normalized spacial score (nSPS) is 36.6. The van der Waals surface area contributed by atoms with Crippen LogP contribution >= 0.6 is 0 Å². The molecule has 2 aliphatic carbocycles. The first kappa shape index (κ1) is 25.8. The van der Waals surface area contributed by atoms with E-state index >= 15 is 0 Å². The summed E-state index contributed by atoms with van der Waals surface area (Å²) in [7, 11) is 1.84. The van der Waals surface area contributed by atoms with Crippen LogP contribution in [0.2, 0.25) is 0 Å². The van der Waals surface area contributed by atoms with Crippen LogP contribution < -0.4 is 16.0 Å². The first-order valence-electron chi connectivity index (χ1n) is 13.7. The molecule has 1 amide bonds. The highest BCUT2D eigenvalue weighted by atomic mass is 16.5. The summed E-state index contributed by atoms with van der Waals surface area (Å²) in [5.74, 6) is 1.81. The van der Waals surface area contributed by atoms with Crippen LogP contribution in [0.5, 0.6) is 0 Å². The molecule has 2 heterocycles. The molecule has 0 spiro atoms. The Hall–Kier alpha value is -1.24. The van der Waals surface area contributed by atoms with Crippen LogP contribution in [-0.4, -0.2) is 75.2 Å². The summed E-state index contributed by atoms with van der Waals surface area (Å²) in [4.78, 5) is 15.1. The van der Waals surface area contributed by atoms with Crippen molar-refractivity contribution >= 4 is 5.91 Å². The van der Waals surface area contributed by atoms with Gasteiger partial charge >= 0.3 is 0 Å². The number of amides is 1. The Labute approximate surface area is 205 Å². The van der Waals surface area contributed by atoms with Gasteiger partial charge in [-0.05, 0) is 76.0 Å². The van der Waals surface area contributed by atoms with Crippen molar-refractivity contribution in [3.63, 3.8) is 0 Å². The summed E-state index contributed by atoms with van der Waals surface area (Å²) in [6.07, 6.45) is 12.1. The summed E-state index contributed by atoms with van der Waals surface area (Å²) in [5.41, 5.74) is 0. The highest BCUT2D eigenvalue weighted by Crippen LogP contribution is 2.32. The molecule has 0 aromatic carbocycles. The second kappa shape index (κ2) is 13.2. The van der Waals surface area contributed by atoms with Crippen molar-refractivity contribution in [2.45, 2.75) is 95.2 Å². The quantitative estimate of drug-likeness (QED) is 0.471. The van der Waals surface area contributed by atoms with Gasteiger partial charge in [-0.3, -0.25) is 20.7 Å². The summed E-state index contributed by atoms with van der Waals surface area (Å²) < 4.78 is 11.3. The lowest BCUT2D eigenvalue weighted by Gasteiger charge is -2.40. The number of nitriles is 1. The van der Waals surface area contributed by atoms with Crippen LogP contribution in [0.3, 0.4) is 0 Å². The molecule has 2 saturated carbocycles. The second-order valence-corrected chi connectivity index (χ2v) is 10.8. The van der Waals surface area contributed by atoms with Gasteiger partial charge in [-0.1, -0.05) is 0 Å². The molecule has 3 N–H and O–H groups in total. The Kier molecular flexibility index (Phi) is 10.0. The van der Waals surface area contributed by atoms with Crippen molar-refractivity contribution in [3.05, 3.63) is 0 Å². The zero-order valence-corrected chi connectivity index (χ0v) is 21.0. The zero-order chi connectivity index (χ0) is 23.8. The molecule has 0 radical (unpaired) electrons. The molecule has 2 aliphatic heterocycles. The highest BCUT2D eigenvalue weighted by Gasteiger charge is 2.34. The van der Waals surface area contributed by atoms with Crippen LogP contribution in [0.15, 0.2) is 0 Å². The number of hydrogen-bond donors (Lipinski definition) is 3. The fourth-order valence-electron chi connectivity index (χ4n) is 6.44. The predicted molar refractivity (Wildman–Crippen MR) is 131 cm³/mol. The van der Waals surface area contributed by atoms with E-state index in [-0.39, 0.29) is 24.2 Å². The number of hydrogen-bond acceptors (Lipinski definition) is 7. The SMILES string of the molecule is COC1CCC(C2CNC(NC3CCC(C(=O)N(CCC#N)CC4CCCO4)CC3)NC2)CC1. The Morgan fingerprint density at radius 2 is 1.79 bits per heavy atom. The highest BCUT2D eigenvalue weighted by molar-refractivity contribution is 5.79. The second-order valence-electron chi connectivity index (χ2n) is 10.8. The van der Waals surface area contributed by atoms with E-state index in [0.717, 1.165) is 64.1 Å². The van der Waals surface area contributed by atoms with E-state index in [1.54, 1.807) is 0 Å². The lowest BCUT2D eigenvalue weighted by atomic mass is 9.78. The maximum atomic E-state index is 13.2. The molecule has 4 fully saturated rings. The molecule has 8 heteroatoms. The van der Waals surface area contributed by atoms with Crippen LogP contribution in [0.4, 0.5) is 0 Å². The van der Waals surface area contributed by atoms with Gasteiger partial charge in [-0.25, -0.2) is 0 Å². The molecule has 4 aliphatic rings. The zero-order valence-electron chi connectivity index (χ0n) is 21.0. The number of nitrogens with zero attached hydrogens (tertiary/aromatic N) is 2. The number of carbonyl (C=O) groups is 1. The monoisotopic (exact) mass is 475 g/mol. The van der Waals surface area contributed by atoms with E-state index in [2.05, 4.69) is 22.0 Å². The van der Waals surface area contributed by atoms with Crippen LogP contribution in [0.25, 0.3) is 0 Å². The Morgan fingerprint density at radius 3 is 2.41 bits per heavy atom. The lowest BCUT2D eigenvalue weighted by molar-refractivity contribution is -0.138. The number of rotatable bonds is 9. The first-order valence-corrected chi connectivity index (χ1v) is 13.7. The Bertz CT molecular complexity index is 656. The molecule has 0 aromatic heterocycles. The van der Waals surface area contributed by atoms with E-state index in [1.807, 2.05) is 12.0 Å². The first-order chi connectivity index (χ1) is 16.7. The van der Waals surface area contributed by atoms with Crippen molar-refractivity contribution in [1.82, 2.24) is 20.9 Å². The molecular formula is C26H45N5O3. The maximum Gasteiger partial charge on any atom is 0.225 e. The summed E-state index contributed by atoms with van der Waals surface area (Å²) in [6.45, 7) is 4.09. The molecule has 34 heavy (non-hydrogen) atoms. The topological polar surface area (TPSA) is 98.7 Å². The van der Waals surface area contributed by atoms with Crippen LogP contribution in [0, 0.1) is 29.1 Å². The van der Waals surface area contributed by atoms with E-state index in [0.29, 0.717) is 37.6 Å². The minimum Gasteiger partial charge on any atom is -0.381 e. The number of nitrogens with one attached hydrogen (secondary N) is 3. The summed E-state index contributed by atoms with van der Waals surface area (Å²) >= 11 is 0. The van der Waals surface area contributed by atoms with Gasteiger partial charge < -0.3 is 14.4 Å². The van der Waals surface area contributed by atoms with E-state index < -0.39 is 0 Å². The van der Waals surface area contributed by atoms with Gasteiger partial charge in [-0.2, -0.15) is 5.26 Å². The smallest absolute Gasteiger partial charge is 0.225 e. The summed E-state index contributed by atoms with van der Waals surface area (Å²) in [5, 5.41) is 20.1. The number of carbonyl (C=O) groups excluding carboxylic acids is 1.